The van der Waals surface area contributed by atoms with Crippen LogP contribution in [0.5, 0.6) is 0 Å². The Morgan fingerprint density at radius 3 is 2.13 bits per heavy atom. The van der Waals surface area contributed by atoms with Crippen molar-refractivity contribution in [1.82, 2.24) is 9.80 Å². The molecule has 1 N–H and O–H groups in total. The van der Waals surface area contributed by atoms with Crippen LogP contribution in [-0.2, 0) is 6.54 Å². The third kappa shape index (κ3) is 4.79. The van der Waals surface area contributed by atoms with E-state index in [1.807, 2.05) is 42.5 Å². The molecular weight excluding hydrogens is 308 g/mol. The van der Waals surface area contributed by atoms with Gasteiger partial charge in [0.05, 0.1) is 6.10 Å². The number of aliphatic hydroxyl groups excluding tert-OH is 1. The number of β-amino-alcohol motifs (C(OH)–C–C–N with tert-alkyl or cyclic N) is 1. The van der Waals surface area contributed by atoms with Crippen molar-refractivity contribution in [3.05, 3.63) is 70.7 Å². The molecule has 2 aromatic carbocycles. The molecule has 1 atom stereocenters. The topological polar surface area (TPSA) is 26.7 Å². The molecule has 1 fully saturated rings. The van der Waals surface area contributed by atoms with Gasteiger partial charge in [-0.2, -0.15) is 0 Å². The average molecular weight is 331 g/mol. The quantitative estimate of drug-likeness (QED) is 0.912. The number of hydrogen-bond acceptors (Lipinski definition) is 3. The van der Waals surface area contributed by atoms with Crippen molar-refractivity contribution in [2.75, 3.05) is 32.7 Å². The zero-order valence-corrected chi connectivity index (χ0v) is 14.0. The van der Waals surface area contributed by atoms with Crippen LogP contribution >= 0.6 is 11.6 Å². The van der Waals surface area contributed by atoms with Gasteiger partial charge in [-0.05, 0) is 23.3 Å². The van der Waals surface area contributed by atoms with E-state index >= 15 is 0 Å². The Hall–Kier alpha value is -1.39. The summed E-state index contributed by atoms with van der Waals surface area (Å²) in [5.41, 5.74) is 2.29. The van der Waals surface area contributed by atoms with Gasteiger partial charge in [0.2, 0.25) is 0 Å². The Morgan fingerprint density at radius 2 is 1.48 bits per heavy atom. The van der Waals surface area contributed by atoms with E-state index in [0.717, 1.165) is 43.3 Å². The van der Waals surface area contributed by atoms with Gasteiger partial charge in [-0.1, -0.05) is 54.1 Å². The molecule has 0 bridgehead atoms. The normalized spacial score (nSPS) is 18.0. The summed E-state index contributed by atoms with van der Waals surface area (Å²) in [5.74, 6) is 0. The van der Waals surface area contributed by atoms with Crippen molar-refractivity contribution in [1.29, 1.82) is 0 Å². The molecule has 0 amide bonds. The molecule has 0 spiro atoms. The number of piperazine rings is 1. The highest BCUT2D eigenvalue weighted by Crippen LogP contribution is 2.16. The lowest BCUT2D eigenvalue weighted by Crippen LogP contribution is -2.47. The monoisotopic (exact) mass is 330 g/mol. The second-order valence-electron chi connectivity index (χ2n) is 6.13. The highest BCUT2D eigenvalue weighted by molar-refractivity contribution is 6.30. The van der Waals surface area contributed by atoms with Crippen LogP contribution in [0.1, 0.15) is 17.2 Å². The molecule has 1 saturated heterocycles. The number of nitrogens with zero attached hydrogens (tertiary/aromatic N) is 2. The van der Waals surface area contributed by atoms with E-state index in [0.29, 0.717) is 6.54 Å². The first-order valence-electron chi connectivity index (χ1n) is 8.13. The Bertz CT molecular complexity index is 595. The van der Waals surface area contributed by atoms with Crippen LogP contribution in [-0.4, -0.2) is 47.6 Å². The third-order valence-electron chi connectivity index (χ3n) is 4.40. The second-order valence-corrected chi connectivity index (χ2v) is 6.57. The number of benzene rings is 2. The first-order valence-corrected chi connectivity index (χ1v) is 8.51. The lowest BCUT2D eigenvalue weighted by Gasteiger charge is -2.35. The molecule has 0 radical (unpaired) electrons. The Labute approximate surface area is 143 Å². The molecular formula is C19H23ClN2O. The van der Waals surface area contributed by atoms with Gasteiger partial charge in [0.1, 0.15) is 0 Å². The average Bonchev–Trinajstić information content (AvgIpc) is 2.59. The van der Waals surface area contributed by atoms with Crippen molar-refractivity contribution in [3.63, 3.8) is 0 Å². The van der Waals surface area contributed by atoms with Crippen molar-refractivity contribution in [2.24, 2.45) is 0 Å². The summed E-state index contributed by atoms with van der Waals surface area (Å²) in [5, 5.41) is 11.1. The molecule has 0 unspecified atom stereocenters. The van der Waals surface area contributed by atoms with Gasteiger partial charge < -0.3 is 5.11 Å². The fraction of sp³-hybridized carbons (Fsp3) is 0.368. The summed E-state index contributed by atoms with van der Waals surface area (Å²) in [6.07, 6.45) is -0.404. The van der Waals surface area contributed by atoms with Crippen molar-refractivity contribution in [2.45, 2.75) is 12.6 Å². The largest absolute Gasteiger partial charge is 0.387 e. The highest BCUT2D eigenvalue weighted by Gasteiger charge is 2.19. The minimum Gasteiger partial charge on any atom is -0.387 e. The van der Waals surface area contributed by atoms with E-state index in [1.54, 1.807) is 0 Å². The second kappa shape index (κ2) is 7.93. The molecule has 4 heteroatoms. The first-order chi connectivity index (χ1) is 11.2. The van der Waals surface area contributed by atoms with Gasteiger partial charge in [0.25, 0.3) is 0 Å². The SMILES string of the molecule is O[C@H](CN1CCN(Cc2ccc(Cl)cc2)CC1)c1ccccc1. The fourth-order valence-electron chi connectivity index (χ4n) is 3.00. The highest BCUT2D eigenvalue weighted by atomic mass is 35.5. The molecule has 0 aromatic heterocycles. The maximum Gasteiger partial charge on any atom is 0.0916 e. The van der Waals surface area contributed by atoms with Gasteiger partial charge in [0.15, 0.2) is 0 Å². The number of hydrogen-bond donors (Lipinski definition) is 1. The van der Waals surface area contributed by atoms with Crippen molar-refractivity contribution >= 4 is 11.6 Å². The maximum atomic E-state index is 10.3. The molecule has 3 nitrogen and oxygen atoms in total. The third-order valence-corrected chi connectivity index (χ3v) is 4.65. The smallest absolute Gasteiger partial charge is 0.0916 e. The molecule has 0 saturated carbocycles. The molecule has 1 aliphatic rings. The molecule has 0 aliphatic carbocycles. The lowest BCUT2D eigenvalue weighted by atomic mass is 10.1. The number of rotatable bonds is 5. The lowest BCUT2D eigenvalue weighted by molar-refractivity contribution is 0.0701. The Balaban J connectivity index is 1.46. The summed E-state index contributed by atoms with van der Waals surface area (Å²) >= 11 is 5.93. The first kappa shape index (κ1) is 16.5. The number of aliphatic hydroxyl groups is 1. The molecule has 23 heavy (non-hydrogen) atoms. The standard InChI is InChI=1S/C19H23ClN2O/c20-18-8-6-16(7-9-18)14-21-10-12-22(13-11-21)15-19(23)17-4-2-1-3-5-17/h1-9,19,23H,10-15H2/t19-/m1/s1. The van der Waals surface area contributed by atoms with Gasteiger partial charge in [-0.15, -0.1) is 0 Å². The molecule has 1 heterocycles. The summed E-state index contributed by atoms with van der Waals surface area (Å²) in [4.78, 5) is 4.80. The van der Waals surface area contributed by atoms with Gasteiger partial charge in [0, 0.05) is 44.3 Å². The van der Waals surface area contributed by atoms with Crippen molar-refractivity contribution < 1.29 is 5.11 Å². The van der Waals surface area contributed by atoms with Gasteiger partial charge >= 0.3 is 0 Å². The predicted octanol–water partition coefficient (Wildman–Crippen LogP) is 3.19. The molecule has 122 valence electrons. The summed E-state index contributed by atoms with van der Waals surface area (Å²) in [7, 11) is 0. The van der Waals surface area contributed by atoms with Crippen LogP contribution in [0.2, 0.25) is 5.02 Å². The van der Waals surface area contributed by atoms with E-state index in [-0.39, 0.29) is 0 Å². The van der Waals surface area contributed by atoms with Crippen molar-refractivity contribution in [3.8, 4) is 0 Å². The van der Waals surface area contributed by atoms with E-state index in [9.17, 15) is 5.11 Å². The molecule has 3 rings (SSSR count). The van der Waals surface area contributed by atoms with E-state index in [1.165, 1.54) is 5.56 Å². The van der Waals surface area contributed by atoms with E-state index < -0.39 is 6.10 Å². The molecule has 2 aromatic rings. The van der Waals surface area contributed by atoms with Crippen LogP contribution in [0.3, 0.4) is 0 Å². The Morgan fingerprint density at radius 1 is 0.870 bits per heavy atom. The van der Waals surface area contributed by atoms with E-state index in [2.05, 4.69) is 21.9 Å². The molecule has 1 aliphatic heterocycles. The number of halogens is 1. The summed E-state index contributed by atoms with van der Waals surface area (Å²) in [6.45, 7) is 5.73. The van der Waals surface area contributed by atoms with Crippen LogP contribution in [0, 0.1) is 0 Å². The summed E-state index contributed by atoms with van der Waals surface area (Å²) in [6, 6.07) is 18.0. The van der Waals surface area contributed by atoms with Crippen LogP contribution in [0.4, 0.5) is 0 Å². The zero-order valence-electron chi connectivity index (χ0n) is 13.2. The fourth-order valence-corrected chi connectivity index (χ4v) is 3.13. The minimum atomic E-state index is -0.404. The van der Waals surface area contributed by atoms with Crippen LogP contribution in [0.15, 0.2) is 54.6 Å². The van der Waals surface area contributed by atoms with E-state index in [4.69, 9.17) is 11.6 Å². The van der Waals surface area contributed by atoms with Crippen LogP contribution in [0.25, 0.3) is 0 Å². The zero-order chi connectivity index (χ0) is 16.1. The minimum absolute atomic E-state index is 0.404. The maximum absolute atomic E-state index is 10.3. The van der Waals surface area contributed by atoms with Gasteiger partial charge in [-0.25, -0.2) is 0 Å². The van der Waals surface area contributed by atoms with Gasteiger partial charge in [-0.3, -0.25) is 9.80 Å². The summed E-state index contributed by atoms with van der Waals surface area (Å²) < 4.78 is 0. The Kier molecular flexibility index (Phi) is 5.68. The van der Waals surface area contributed by atoms with Crippen LogP contribution < -0.4 is 0 Å². The predicted molar refractivity (Wildman–Crippen MR) is 94.6 cm³/mol.